The first-order valence-corrected chi connectivity index (χ1v) is 6.86. The monoisotopic (exact) mass is 262 g/mol. The maximum Gasteiger partial charge on any atom is 0.237 e. The number of carbonyl (C=O) groups excluding carboxylic acids is 1. The first-order chi connectivity index (χ1) is 9.20. The van der Waals surface area contributed by atoms with Crippen molar-refractivity contribution < 1.29 is 9.53 Å². The molecule has 1 amide bonds. The van der Waals surface area contributed by atoms with Gasteiger partial charge in [0.1, 0.15) is 5.75 Å². The van der Waals surface area contributed by atoms with Crippen LogP contribution in [0.2, 0.25) is 0 Å². The molecule has 1 aliphatic heterocycles. The predicted molar refractivity (Wildman–Crippen MR) is 75.3 cm³/mol. The number of benzene rings is 1. The summed E-state index contributed by atoms with van der Waals surface area (Å²) < 4.78 is 5.35. The number of ether oxygens (including phenoxy) is 1. The molecule has 2 atom stereocenters. The van der Waals surface area contributed by atoms with Gasteiger partial charge in [0, 0.05) is 12.6 Å². The third-order valence-electron chi connectivity index (χ3n) is 3.49. The lowest BCUT2D eigenvalue weighted by Gasteiger charge is -2.26. The Bertz CT molecular complexity index is 434. The molecule has 0 spiro atoms. The Hall–Kier alpha value is -1.55. The van der Waals surface area contributed by atoms with Gasteiger partial charge in [-0.3, -0.25) is 4.79 Å². The van der Waals surface area contributed by atoms with E-state index in [2.05, 4.69) is 23.6 Å². The molecule has 0 aliphatic carbocycles. The van der Waals surface area contributed by atoms with Gasteiger partial charge in [0.05, 0.1) is 13.2 Å². The largest absolute Gasteiger partial charge is 0.496 e. The standard InChI is InChI=1S/C15H22N2O2/c1-11(17-13-7-5-9-16-15(13)18)10-12-6-3-4-8-14(12)19-2/h3-4,6,8,11,13,17H,5,7,9-10H2,1-2H3,(H,16,18). The van der Waals surface area contributed by atoms with Crippen molar-refractivity contribution in [1.82, 2.24) is 10.6 Å². The number of carbonyl (C=O) groups is 1. The third kappa shape index (κ3) is 3.70. The SMILES string of the molecule is COc1ccccc1CC(C)NC1CCCNC1=O. The highest BCUT2D eigenvalue weighted by molar-refractivity contribution is 5.82. The molecule has 104 valence electrons. The molecule has 0 bridgehead atoms. The van der Waals surface area contributed by atoms with E-state index >= 15 is 0 Å². The highest BCUT2D eigenvalue weighted by Gasteiger charge is 2.23. The van der Waals surface area contributed by atoms with Gasteiger partial charge in [-0.05, 0) is 37.8 Å². The van der Waals surface area contributed by atoms with Crippen LogP contribution in [0, 0.1) is 0 Å². The van der Waals surface area contributed by atoms with Gasteiger partial charge in [0.2, 0.25) is 5.91 Å². The summed E-state index contributed by atoms with van der Waals surface area (Å²) in [7, 11) is 1.69. The van der Waals surface area contributed by atoms with Crippen molar-refractivity contribution in [3.8, 4) is 5.75 Å². The van der Waals surface area contributed by atoms with E-state index in [-0.39, 0.29) is 18.0 Å². The Morgan fingerprint density at radius 3 is 3.00 bits per heavy atom. The zero-order valence-electron chi connectivity index (χ0n) is 11.6. The fraction of sp³-hybridized carbons (Fsp3) is 0.533. The Morgan fingerprint density at radius 2 is 2.26 bits per heavy atom. The minimum absolute atomic E-state index is 0.0570. The number of hydrogen-bond donors (Lipinski definition) is 2. The van der Waals surface area contributed by atoms with Gasteiger partial charge in [-0.15, -0.1) is 0 Å². The molecular weight excluding hydrogens is 240 g/mol. The van der Waals surface area contributed by atoms with Crippen LogP contribution in [0.25, 0.3) is 0 Å². The first kappa shape index (κ1) is 13.9. The summed E-state index contributed by atoms with van der Waals surface area (Å²) in [4.78, 5) is 11.7. The van der Waals surface area contributed by atoms with Crippen LogP contribution in [0.5, 0.6) is 5.75 Å². The summed E-state index contributed by atoms with van der Waals surface area (Å²) in [5.74, 6) is 1.03. The molecule has 2 N–H and O–H groups in total. The van der Waals surface area contributed by atoms with E-state index in [1.165, 1.54) is 5.56 Å². The Labute approximate surface area is 114 Å². The molecule has 1 saturated heterocycles. The normalized spacial score (nSPS) is 20.7. The number of piperidine rings is 1. The smallest absolute Gasteiger partial charge is 0.237 e. The predicted octanol–water partition coefficient (Wildman–Crippen LogP) is 1.49. The molecule has 4 nitrogen and oxygen atoms in total. The minimum Gasteiger partial charge on any atom is -0.496 e. The van der Waals surface area contributed by atoms with Crippen molar-refractivity contribution in [3.63, 3.8) is 0 Å². The van der Waals surface area contributed by atoms with Crippen molar-refractivity contribution in [2.45, 2.75) is 38.3 Å². The number of rotatable bonds is 5. The van der Waals surface area contributed by atoms with E-state index in [1.807, 2.05) is 18.2 Å². The molecular formula is C15H22N2O2. The maximum atomic E-state index is 11.7. The molecule has 19 heavy (non-hydrogen) atoms. The summed E-state index contributed by atoms with van der Waals surface area (Å²) in [6.07, 6.45) is 2.82. The van der Waals surface area contributed by atoms with Crippen molar-refractivity contribution in [1.29, 1.82) is 0 Å². The second-order valence-corrected chi connectivity index (χ2v) is 5.07. The van der Waals surface area contributed by atoms with Crippen molar-refractivity contribution >= 4 is 5.91 Å². The van der Waals surface area contributed by atoms with Crippen molar-refractivity contribution in [3.05, 3.63) is 29.8 Å². The Balaban J connectivity index is 1.93. The van der Waals surface area contributed by atoms with Crippen LogP contribution in [0.15, 0.2) is 24.3 Å². The fourth-order valence-electron chi connectivity index (χ4n) is 2.53. The topological polar surface area (TPSA) is 50.4 Å². The lowest BCUT2D eigenvalue weighted by atomic mass is 10.0. The molecule has 1 aromatic rings. The lowest BCUT2D eigenvalue weighted by molar-refractivity contribution is -0.124. The van der Waals surface area contributed by atoms with E-state index in [4.69, 9.17) is 4.74 Å². The molecule has 4 heteroatoms. The van der Waals surface area contributed by atoms with Crippen LogP contribution < -0.4 is 15.4 Å². The number of amides is 1. The average molecular weight is 262 g/mol. The van der Waals surface area contributed by atoms with Gasteiger partial charge < -0.3 is 15.4 Å². The molecule has 0 aromatic heterocycles. The van der Waals surface area contributed by atoms with Gasteiger partial charge in [0.15, 0.2) is 0 Å². The van der Waals surface area contributed by atoms with Crippen LogP contribution in [0.4, 0.5) is 0 Å². The van der Waals surface area contributed by atoms with Gasteiger partial charge in [-0.25, -0.2) is 0 Å². The van der Waals surface area contributed by atoms with Crippen LogP contribution in [-0.4, -0.2) is 31.6 Å². The lowest BCUT2D eigenvalue weighted by Crippen LogP contribution is -2.51. The van der Waals surface area contributed by atoms with E-state index in [9.17, 15) is 4.79 Å². The van der Waals surface area contributed by atoms with Crippen molar-refractivity contribution in [2.75, 3.05) is 13.7 Å². The zero-order valence-corrected chi connectivity index (χ0v) is 11.6. The first-order valence-electron chi connectivity index (χ1n) is 6.86. The summed E-state index contributed by atoms with van der Waals surface area (Å²) in [5, 5.41) is 6.30. The molecule has 1 heterocycles. The second-order valence-electron chi connectivity index (χ2n) is 5.07. The van der Waals surface area contributed by atoms with Crippen LogP contribution in [0.3, 0.4) is 0 Å². The summed E-state index contributed by atoms with van der Waals surface area (Å²) in [6, 6.07) is 8.20. The minimum atomic E-state index is -0.0570. The highest BCUT2D eigenvalue weighted by Crippen LogP contribution is 2.19. The molecule has 1 aliphatic rings. The summed E-state index contributed by atoms with van der Waals surface area (Å²) >= 11 is 0. The molecule has 0 saturated carbocycles. The van der Waals surface area contributed by atoms with Crippen LogP contribution in [-0.2, 0) is 11.2 Å². The summed E-state index contributed by atoms with van der Waals surface area (Å²) in [6.45, 7) is 2.91. The van der Waals surface area contributed by atoms with Gasteiger partial charge >= 0.3 is 0 Å². The molecule has 1 fully saturated rings. The zero-order chi connectivity index (χ0) is 13.7. The molecule has 1 aromatic carbocycles. The maximum absolute atomic E-state index is 11.7. The Morgan fingerprint density at radius 1 is 1.47 bits per heavy atom. The van der Waals surface area contributed by atoms with Gasteiger partial charge in [-0.1, -0.05) is 18.2 Å². The average Bonchev–Trinajstić information content (AvgIpc) is 2.42. The van der Waals surface area contributed by atoms with E-state index in [0.717, 1.165) is 31.6 Å². The number of para-hydroxylation sites is 1. The number of hydrogen-bond acceptors (Lipinski definition) is 3. The summed E-state index contributed by atoms with van der Waals surface area (Å²) in [5.41, 5.74) is 1.17. The second kappa shape index (κ2) is 6.57. The molecule has 0 radical (unpaired) electrons. The Kier molecular flexibility index (Phi) is 4.80. The van der Waals surface area contributed by atoms with E-state index in [0.29, 0.717) is 0 Å². The third-order valence-corrected chi connectivity index (χ3v) is 3.49. The van der Waals surface area contributed by atoms with Crippen LogP contribution in [0.1, 0.15) is 25.3 Å². The van der Waals surface area contributed by atoms with E-state index in [1.54, 1.807) is 7.11 Å². The highest BCUT2D eigenvalue weighted by atomic mass is 16.5. The van der Waals surface area contributed by atoms with Crippen LogP contribution >= 0.6 is 0 Å². The van der Waals surface area contributed by atoms with E-state index < -0.39 is 0 Å². The van der Waals surface area contributed by atoms with Gasteiger partial charge in [0.25, 0.3) is 0 Å². The quantitative estimate of drug-likeness (QED) is 0.845. The molecule has 2 unspecified atom stereocenters. The molecule has 2 rings (SSSR count). The van der Waals surface area contributed by atoms with Gasteiger partial charge in [-0.2, -0.15) is 0 Å². The van der Waals surface area contributed by atoms with Crippen molar-refractivity contribution in [2.24, 2.45) is 0 Å². The number of methoxy groups -OCH3 is 1. The fourth-order valence-corrected chi connectivity index (χ4v) is 2.53. The number of nitrogens with one attached hydrogen (secondary N) is 2.